The van der Waals surface area contributed by atoms with Gasteiger partial charge in [-0.05, 0) is 18.2 Å². The number of hydrogen-bond acceptors (Lipinski definition) is 1. The molecule has 12 heavy (non-hydrogen) atoms. The summed E-state index contributed by atoms with van der Waals surface area (Å²) in [4.78, 5) is 0. The summed E-state index contributed by atoms with van der Waals surface area (Å²) in [5.74, 6) is 3.34. The average Bonchev–Trinajstić information content (AvgIpc) is 2.05. The van der Waals surface area contributed by atoms with E-state index in [9.17, 15) is 0 Å². The number of ether oxygens (including phenoxy) is 1. The molecule has 0 atom stereocenters. The lowest BCUT2D eigenvalue weighted by atomic mass is 10.1. The summed E-state index contributed by atoms with van der Waals surface area (Å²) in [6.07, 6.45) is 5.73. The molecule has 0 heterocycles. The fourth-order valence-corrected chi connectivity index (χ4v) is 1.19. The van der Waals surface area contributed by atoms with Crippen molar-refractivity contribution in [1.29, 1.82) is 0 Å². The number of halogens is 1. The summed E-state index contributed by atoms with van der Waals surface area (Å²) in [6.45, 7) is 0. The lowest BCUT2D eigenvalue weighted by Crippen LogP contribution is -1.90. The number of terminal acetylenes is 1. The van der Waals surface area contributed by atoms with E-state index < -0.39 is 0 Å². The Labute approximate surface area is 77.3 Å². The topological polar surface area (TPSA) is 9.23 Å². The van der Waals surface area contributed by atoms with Crippen molar-refractivity contribution < 1.29 is 4.74 Å². The lowest BCUT2D eigenvalue weighted by molar-refractivity contribution is 0.411. The molecule has 1 aromatic rings. The van der Waals surface area contributed by atoms with Gasteiger partial charge >= 0.3 is 0 Å². The quantitative estimate of drug-likeness (QED) is 0.636. The van der Waals surface area contributed by atoms with E-state index in [2.05, 4.69) is 5.92 Å². The third kappa shape index (κ3) is 1.93. The number of methoxy groups -OCH3 is 1. The van der Waals surface area contributed by atoms with Crippen LogP contribution in [0, 0.1) is 12.3 Å². The summed E-state index contributed by atoms with van der Waals surface area (Å²) >= 11 is 5.79. The van der Waals surface area contributed by atoms with Gasteiger partial charge in [0.25, 0.3) is 0 Å². The molecule has 0 bridgehead atoms. The van der Waals surface area contributed by atoms with Crippen LogP contribution in [0.5, 0.6) is 5.75 Å². The van der Waals surface area contributed by atoms with Crippen molar-refractivity contribution in [2.24, 2.45) is 0 Å². The van der Waals surface area contributed by atoms with Crippen molar-refractivity contribution in [2.75, 3.05) is 7.11 Å². The molecule has 1 rings (SSSR count). The summed E-state index contributed by atoms with van der Waals surface area (Å²) in [5, 5.41) is 0.682. The Bertz CT molecular complexity index is 312. The molecule has 0 radical (unpaired) electrons. The molecule has 1 aromatic carbocycles. The molecule has 0 saturated carbocycles. The largest absolute Gasteiger partial charge is 0.496 e. The van der Waals surface area contributed by atoms with Crippen LogP contribution < -0.4 is 4.74 Å². The first kappa shape index (κ1) is 8.96. The van der Waals surface area contributed by atoms with Gasteiger partial charge < -0.3 is 4.74 Å². The minimum Gasteiger partial charge on any atom is -0.496 e. The number of hydrogen-bond donors (Lipinski definition) is 0. The van der Waals surface area contributed by atoms with E-state index in [-0.39, 0.29) is 0 Å². The van der Waals surface area contributed by atoms with Crippen molar-refractivity contribution in [3.05, 3.63) is 28.8 Å². The van der Waals surface area contributed by atoms with Gasteiger partial charge in [-0.2, -0.15) is 0 Å². The van der Waals surface area contributed by atoms with Crippen molar-refractivity contribution in [1.82, 2.24) is 0 Å². The smallest absolute Gasteiger partial charge is 0.123 e. The zero-order valence-corrected chi connectivity index (χ0v) is 7.56. The molecule has 0 fully saturated rings. The lowest BCUT2D eigenvalue weighted by Gasteiger charge is -2.05. The second-order valence-corrected chi connectivity index (χ2v) is 2.77. The molecule has 0 unspecified atom stereocenters. The second kappa shape index (κ2) is 4.04. The van der Waals surface area contributed by atoms with Crippen LogP contribution >= 0.6 is 11.6 Å². The highest BCUT2D eigenvalue weighted by molar-refractivity contribution is 6.30. The maximum Gasteiger partial charge on any atom is 0.123 e. The molecule has 0 N–H and O–H groups in total. The Balaban J connectivity index is 3.05. The first-order valence-corrected chi connectivity index (χ1v) is 3.91. The highest BCUT2D eigenvalue weighted by Crippen LogP contribution is 2.22. The van der Waals surface area contributed by atoms with Crippen LogP contribution in [0.2, 0.25) is 5.02 Å². The Hall–Kier alpha value is -1.13. The SMILES string of the molecule is C#CCc1cc(Cl)ccc1OC. The third-order valence-electron chi connectivity index (χ3n) is 1.53. The average molecular weight is 181 g/mol. The summed E-state index contributed by atoms with van der Waals surface area (Å²) in [5.41, 5.74) is 0.951. The van der Waals surface area contributed by atoms with E-state index in [1.165, 1.54) is 0 Å². The van der Waals surface area contributed by atoms with E-state index in [1.54, 1.807) is 13.2 Å². The van der Waals surface area contributed by atoms with Gasteiger partial charge in [0.1, 0.15) is 5.75 Å². The molecular weight excluding hydrogens is 172 g/mol. The second-order valence-electron chi connectivity index (χ2n) is 2.34. The third-order valence-corrected chi connectivity index (χ3v) is 1.77. The molecular formula is C10H9ClO. The minimum absolute atomic E-state index is 0.545. The van der Waals surface area contributed by atoms with Gasteiger partial charge in [0, 0.05) is 17.0 Å². The Morgan fingerprint density at radius 1 is 1.58 bits per heavy atom. The van der Waals surface area contributed by atoms with Crippen LogP contribution in [0.1, 0.15) is 5.56 Å². The van der Waals surface area contributed by atoms with Crippen LogP contribution in [0.3, 0.4) is 0 Å². The zero-order chi connectivity index (χ0) is 8.97. The summed E-state index contributed by atoms with van der Waals surface area (Å²) in [7, 11) is 1.61. The van der Waals surface area contributed by atoms with E-state index in [0.717, 1.165) is 11.3 Å². The molecule has 1 nitrogen and oxygen atoms in total. The van der Waals surface area contributed by atoms with Crippen LogP contribution in [0.15, 0.2) is 18.2 Å². The van der Waals surface area contributed by atoms with Gasteiger partial charge in [-0.3, -0.25) is 0 Å². The normalized spacial score (nSPS) is 9.08. The predicted molar refractivity (Wildman–Crippen MR) is 50.5 cm³/mol. The highest BCUT2D eigenvalue weighted by Gasteiger charge is 2.01. The zero-order valence-electron chi connectivity index (χ0n) is 6.80. The molecule has 2 heteroatoms. The fraction of sp³-hybridized carbons (Fsp3) is 0.200. The molecule has 0 aliphatic rings. The van der Waals surface area contributed by atoms with E-state index in [4.69, 9.17) is 22.8 Å². The predicted octanol–water partition coefficient (Wildman–Crippen LogP) is 2.52. The Morgan fingerprint density at radius 2 is 2.33 bits per heavy atom. The van der Waals surface area contributed by atoms with Crippen molar-refractivity contribution >= 4 is 11.6 Å². The Morgan fingerprint density at radius 3 is 2.92 bits per heavy atom. The maximum atomic E-state index is 5.79. The van der Waals surface area contributed by atoms with Crippen molar-refractivity contribution in [3.63, 3.8) is 0 Å². The van der Waals surface area contributed by atoms with Gasteiger partial charge in [0.05, 0.1) is 7.11 Å². The van der Waals surface area contributed by atoms with Crippen LogP contribution in [-0.2, 0) is 6.42 Å². The number of benzene rings is 1. The molecule has 0 spiro atoms. The van der Waals surface area contributed by atoms with Gasteiger partial charge in [-0.15, -0.1) is 12.3 Å². The van der Waals surface area contributed by atoms with Gasteiger partial charge in [-0.25, -0.2) is 0 Å². The molecule has 0 aliphatic carbocycles. The van der Waals surface area contributed by atoms with Gasteiger partial charge in [-0.1, -0.05) is 11.6 Å². The fourth-order valence-electron chi connectivity index (χ4n) is 0.995. The van der Waals surface area contributed by atoms with Crippen molar-refractivity contribution in [2.45, 2.75) is 6.42 Å². The number of rotatable bonds is 2. The van der Waals surface area contributed by atoms with Crippen LogP contribution in [0.25, 0.3) is 0 Å². The maximum absolute atomic E-state index is 5.79. The first-order chi connectivity index (χ1) is 5.77. The standard InChI is InChI=1S/C10H9ClO/c1-3-4-8-7-9(11)5-6-10(8)12-2/h1,5-7H,4H2,2H3. The molecule has 0 saturated heterocycles. The van der Waals surface area contributed by atoms with Crippen LogP contribution in [-0.4, -0.2) is 7.11 Å². The van der Waals surface area contributed by atoms with E-state index in [1.807, 2.05) is 12.1 Å². The molecule has 0 aliphatic heterocycles. The van der Waals surface area contributed by atoms with Crippen LogP contribution in [0.4, 0.5) is 0 Å². The molecule has 62 valence electrons. The highest BCUT2D eigenvalue weighted by atomic mass is 35.5. The summed E-state index contributed by atoms with van der Waals surface area (Å²) < 4.78 is 5.10. The van der Waals surface area contributed by atoms with E-state index in [0.29, 0.717) is 11.4 Å². The molecule has 0 aromatic heterocycles. The minimum atomic E-state index is 0.545. The van der Waals surface area contributed by atoms with Gasteiger partial charge in [0.2, 0.25) is 0 Å². The first-order valence-electron chi connectivity index (χ1n) is 3.54. The van der Waals surface area contributed by atoms with Crippen molar-refractivity contribution in [3.8, 4) is 18.1 Å². The molecule has 0 amide bonds. The Kier molecular flexibility index (Phi) is 3.01. The van der Waals surface area contributed by atoms with Gasteiger partial charge in [0.15, 0.2) is 0 Å². The monoisotopic (exact) mass is 180 g/mol. The summed E-state index contributed by atoms with van der Waals surface area (Å²) in [6, 6.07) is 5.41. The van der Waals surface area contributed by atoms with E-state index >= 15 is 0 Å².